The zero-order chi connectivity index (χ0) is 16.0. The molecule has 0 aliphatic heterocycles. The Balaban J connectivity index is 2.92. The Morgan fingerprint density at radius 1 is 1.48 bits per heavy atom. The Morgan fingerprint density at radius 2 is 2.14 bits per heavy atom. The van der Waals surface area contributed by atoms with Crippen LogP contribution in [0.25, 0.3) is 0 Å². The fourth-order valence-corrected chi connectivity index (χ4v) is 1.97. The standard InChI is InChI=1S/C14H23N3O4/c1-10(2)8-17-11(3)12(7-15-17)14(20)16(5-6-21-4)9-13(18)19/h7,10H,5-6,8-9H2,1-4H3,(H,18,19). The normalized spacial score (nSPS) is 10.9. The highest BCUT2D eigenvalue weighted by atomic mass is 16.5. The third-order valence-corrected chi connectivity index (χ3v) is 3.05. The van der Waals surface area contributed by atoms with Crippen molar-refractivity contribution in [3.05, 3.63) is 17.5 Å². The van der Waals surface area contributed by atoms with E-state index in [0.717, 1.165) is 12.2 Å². The number of ether oxygens (including phenoxy) is 1. The number of aromatic nitrogens is 2. The first-order valence-corrected chi connectivity index (χ1v) is 6.89. The van der Waals surface area contributed by atoms with E-state index in [1.165, 1.54) is 18.2 Å². The Bertz CT molecular complexity index is 496. The summed E-state index contributed by atoms with van der Waals surface area (Å²) in [6.45, 7) is 6.84. The second kappa shape index (κ2) is 7.78. The van der Waals surface area contributed by atoms with Crippen molar-refractivity contribution in [2.75, 3.05) is 26.8 Å². The van der Waals surface area contributed by atoms with Gasteiger partial charge in [-0.15, -0.1) is 0 Å². The van der Waals surface area contributed by atoms with Crippen molar-refractivity contribution >= 4 is 11.9 Å². The van der Waals surface area contributed by atoms with Gasteiger partial charge in [-0.05, 0) is 12.8 Å². The molecule has 0 unspecified atom stereocenters. The van der Waals surface area contributed by atoms with Crippen LogP contribution in [-0.2, 0) is 16.1 Å². The minimum atomic E-state index is -1.05. The van der Waals surface area contributed by atoms with Crippen LogP contribution in [0.2, 0.25) is 0 Å². The number of hydrogen-bond donors (Lipinski definition) is 1. The molecule has 1 aromatic rings. The number of rotatable bonds is 8. The van der Waals surface area contributed by atoms with Crippen LogP contribution in [0.4, 0.5) is 0 Å². The van der Waals surface area contributed by atoms with Crippen LogP contribution >= 0.6 is 0 Å². The van der Waals surface area contributed by atoms with E-state index in [9.17, 15) is 9.59 Å². The minimum absolute atomic E-state index is 0.233. The second-order valence-electron chi connectivity index (χ2n) is 5.33. The van der Waals surface area contributed by atoms with Gasteiger partial charge in [0.1, 0.15) is 6.54 Å². The van der Waals surface area contributed by atoms with Gasteiger partial charge in [0.05, 0.1) is 18.4 Å². The number of carboxylic acids is 1. The van der Waals surface area contributed by atoms with Gasteiger partial charge in [0.15, 0.2) is 0 Å². The first-order valence-electron chi connectivity index (χ1n) is 6.89. The van der Waals surface area contributed by atoms with Crippen molar-refractivity contribution in [1.82, 2.24) is 14.7 Å². The quantitative estimate of drug-likeness (QED) is 0.774. The SMILES string of the molecule is COCCN(CC(=O)O)C(=O)c1cnn(CC(C)C)c1C. The summed E-state index contributed by atoms with van der Waals surface area (Å²) >= 11 is 0. The predicted octanol–water partition coefficient (Wildman–Crippen LogP) is 1.02. The maximum Gasteiger partial charge on any atom is 0.323 e. The second-order valence-corrected chi connectivity index (χ2v) is 5.33. The molecule has 0 aliphatic rings. The molecule has 0 fully saturated rings. The number of nitrogens with zero attached hydrogens (tertiary/aromatic N) is 3. The van der Waals surface area contributed by atoms with Gasteiger partial charge < -0.3 is 14.7 Å². The highest BCUT2D eigenvalue weighted by Crippen LogP contribution is 2.12. The van der Waals surface area contributed by atoms with Crippen molar-refractivity contribution in [2.45, 2.75) is 27.3 Å². The van der Waals surface area contributed by atoms with Crippen molar-refractivity contribution in [3.8, 4) is 0 Å². The molecule has 1 amide bonds. The number of amides is 1. The van der Waals surface area contributed by atoms with Crippen molar-refractivity contribution < 1.29 is 19.4 Å². The molecule has 7 heteroatoms. The van der Waals surface area contributed by atoms with E-state index in [2.05, 4.69) is 18.9 Å². The molecule has 0 aromatic carbocycles. The van der Waals surface area contributed by atoms with E-state index in [-0.39, 0.29) is 25.6 Å². The summed E-state index contributed by atoms with van der Waals surface area (Å²) in [7, 11) is 1.51. The summed E-state index contributed by atoms with van der Waals surface area (Å²) < 4.78 is 6.69. The highest BCUT2D eigenvalue weighted by Gasteiger charge is 2.22. The average Bonchev–Trinajstić information content (AvgIpc) is 2.74. The Hall–Kier alpha value is -1.89. The molecule has 0 saturated carbocycles. The number of hydrogen-bond acceptors (Lipinski definition) is 4. The fourth-order valence-electron chi connectivity index (χ4n) is 1.97. The highest BCUT2D eigenvalue weighted by molar-refractivity contribution is 5.96. The maximum atomic E-state index is 12.5. The third-order valence-electron chi connectivity index (χ3n) is 3.05. The number of carbonyl (C=O) groups is 2. The lowest BCUT2D eigenvalue weighted by Gasteiger charge is -2.20. The molecule has 21 heavy (non-hydrogen) atoms. The zero-order valence-electron chi connectivity index (χ0n) is 13.0. The Kier molecular flexibility index (Phi) is 6.36. The molecule has 1 rings (SSSR count). The van der Waals surface area contributed by atoms with Crippen LogP contribution in [-0.4, -0.2) is 58.5 Å². The lowest BCUT2D eigenvalue weighted by atomic mass is 10.2. The predicted molar refractivity (Wildman–Crippen MR) is 77.2 cm³/mol. The molecule has 0 radical (unpaired) electrons. The third kappa shape index (κ3) is 4.86. The summed E-state index contributed by atoms with van der Waals surface area (Å²) in [5, 5.41) is 13.1. The molecule has 7 nitrogen and oxygen atoms in total. The van der Waals surface area contributed by atoms with E-state index in [1.807, 2.05) is 6.92 Å². The molecule has 1 N–H and O–H groups in total. The van der Waals surface area contributed by atoms with E-state index in [0.29, 0.717) is 11.5 Å². The van der Waals surface area contributed by atoms with E-state index >= 15 is 0 Å². The van der Waals surface area contributed by atoms with Crippen LogP contribution in [0.15, 0.2) is 6.20 Å². The Morgan fingerprint density at radius 3 is 2.67 bits per heavy atom. The van der Waals surface area contributed by atoms with Crippen molar-refractivity contribution in [2.24, 2.45) is 5.92 Å². The molecular formula is C14H23N3O4. The molecule has 1 heterocycles. The van der Waals surface area contributed by atoms with Gasteiger partial charge in [0.2, 0.25) is 0 Å². The van der Waals surface area contributed by atoms with E-state index in [1.54, 1.807) is 4.68 Å². The fraction of sp³-hybridized carbons (Fsp3) is 0.643. The van der Waals surface area contributed by atoms with Crippen molar-refractivity contribution in [1.29, 1.82) is 0 Å². The van der Waals surface area contributed by atoms with Crippen LogP contribution in [0.3, 0.4) is 0 Å². The summed E-state index contributed by atoms with van der Waals surface area (Å²) in [5.74, 6) is -0.969. The lowest BCUT2D eigenvalue weighted by molar-refractivity contribution is -0.137. The van der Waals surface area contributed by atoms with Gasteiger partial charge in [0, 0.05) is 25.9 Å². The number of carboxylic acid groups (broad SMARTS) is 1. The molecular weight excluding hydrogens is 274 g/mol. The van der Waals surface area contributed by atoms with Crippen LogP contribution in [0, 0.1) is 12.8 Å². The van der Waals surface area contributed by atoms with Crippen LogP contribution < -0.4 is 0 Å². The molecule has 0 bridgehead atoms. The van der Waals surface area contributed by atoms with Gasteiger partial charge in [-0.2, -0.15) is 5.10 Å². The lowest BCUT2D eigenvalue weighted by Crippen LogP contribution is -2.38. The minimum Gasteiger partial charge on any atom is -0.480 e. The molecule has 0 atom stereocenters. The summed E-state index contributed by atoms with van der Waals surface area (Å²) in [4.78, 5) is 24.6. The number of aliphatic carboxylic acids is 1. The zero-order valence-corrected chi connectivity index (χ0v) is 13.0. The van der Waals surface area contributed by atoms with E-state index < -0.39 is 5.97 Å². The van der Waals surface area contributed by atoms with Gasteiger partial charge in [-0.3, -0.25) is 14.3 Å². The Labute approximate surface area is 124 Å². The van der Waals surface area contributed by atoms with Gasteiger partial charge >= 0.3 is 5.97 Å². The van der Waals surface area contributed by atoms with Crippen LogP contribution in [0.5, 0.6) is 0 Å². The molecule has 0 saturated heterocycles. The maximum absolute atomic E-state index is 12.5. The summed E-state index contributed by atoms with van der Waals surface area (Å²) in [6, 6.07) is 0. The first-order chi connectivity index (χ1) is 9.86. The summed E-state index contributed by atoms with van der Waals surface area (Å²) in [5.41, 5.74) is 1.19. The largest absolute Gasteiger partial charge is 0.480 e. The first kappa shape index (κ1) is 17.2. The molecule has 0 aliphatic carbocycles. The molecule has 118 valence electrons. The number of carbonyl (C=O) groups excluding carboxylic acids is 1. The van der Waals surface area contributed by atoms with Gasteiger partial charge in [-0.1, -0.05) is 13.8 Å². The summed E-state index contributed by atoms with van der Waals surface area (Å²) in [6.07, 6.45) is 1.50. The van der Waals surface area contributed by atoms with Crippen molar-refractivity contribution in [3.63, 3.8) is 0 Å². The topological polar surface area (TPSA) is 84.7 Å². The monoisotopic (exact) mass is 297 g/mol. The molecule has 1 aromatic heterocycles. The average molecular weight is 297 g/mol. The van der Waals surface area contributed by atoms with Gasteiger partial charge in [-0.25, -0.2) is 0 Å². The van der Waals surface area contributed by atoms with E-state index in [4.69, 9.17) is 9.84 Å². The van der Waals surface area contributed by atoms with Crippen LogP contribution in [0.1, 0.15) is 29.9 Å². The number of methoxy groups -OCH3 is 1. The molecule has 0 spiro atoms. The van der Waals surface area contributed by atoms with Gasteiger partial charge in [0.25, 0.3) is 5.91 Å². The smallest absolute Gasteiger partial charge is 0.323 e.